The van der Waals surface area contributed by atoms with Gasteiger partial charge in [0.25, 0.3) is 0 Å². The van der Waals surface area contributed by atoms with Crippen LogP contribution in [0, 0.1) is 5.41 Å². The second-order valence-corrected chi connectivity index (χ2v) is 6.19. The van der Waals surface area contributed by atoms with Gasteiger partial charge >= 0.3 is 0 Å². The summed E-state index contributed by atoms with van der Waals surface area (Å²) in [6.07, 6.45) is 2.87. The van der Waals surface area contributed by atoms with Crippen LogP contribution in [0.3, 0.4) is 0 Å². The lowest BCUT2D eigenvalue weighted by atomic mass is 9.93. The molecule has 0 aromatic rings. The van der Waals surface area contributed by atoms with Crippen molar-refractivity contribution in [1.29, 1.82) is 0 Å². The van der Waals surface area contributed by atoms with Crippen LogP contribution in [-0.2, 0) is 4.74 Å². The lowest BCUT2D eigenvalue weighted by molar-refractivity contribution is 0.0101. The molecule has 0 radical (unpaired) electrons. The molecule has 0 aliphatic rings. The molecule has 4 nitrogen and oxygen atoms in total. The van der Waals surface area contributed by atoms with Crippen molar-refractivity contribution in [1.82, 2.24) is 4.90 Å². The largest absolute Gasteiger partial charge is 0.389 e. The van der Waals surface area contributed by atoms with E-state index < -0.39 is 6.10 Å². The maximum Gasteiger partial charge on any atom is 0.0900 e. The molecule has 0 saturated heterocycles. The Kier molecular flexibility index (Phi) is 10.5. The second-order valence-electron chi connectivity index (χ2n) is 6.19. The maximum absolute atomic E-state index is 10.0. The normalized spacial score (nSPS) is 14.1. The number of nitrogens with two attached hydrogens (primary N) is 1. The van der Waals surface area contributed by atoms with E-state index >= 15 is 0 Å². The first kappa shape index (κ1) is 18.8. The van der Waals surface area contributed by atoms with Crippen LogP contribution in [0.15, 0.2) is 0 Å². The fourth-order valence-corrected chi connectivity index (χ4v) is 2.04. The van der Waals surface area contributed by atoms with Gasteiger partial charge in [-0.15, -0.1) is 0 Å². The Balaban J connectivity index is 4.03. The van der Waals surface area contributed by atoms with Crippen molar-refractivity contribution in [2.45, 2.75) is 53.1 Å². The number of ether oxygens (including phenoxy) is 1. The molecule has 0 aromatic heterocycles. The first-order chi connectivity index (χ1) is 8.95. The summed E-state index contributed by atoms with van der Waals surface area (Å²) < 4.78 is 5.47. The third kappa shape index (κ3) is 10.3. The molecule has 0 aliphatic heterocycles. The predicted molar refractivity (Wildman–Crippen MR) is 81.3 cm³/mol. The summed E-state index contributed by atoms with van der Waals surface area (Å²) in [7, 11) is 0. The molecule has 1 unspecified atom stereocenters. The number of hydrogen-bond donors (Lipinski definition) is 2. The van der Waals surface area contributed by atoms with Crippen LogP contribution in [0.1, 0.15) is 47.0 Å². The Bertz CT molecular complexity index is 210. The molecule has 19 heavy (non-hydrogen) atoms. The summed E-state index contributed by atoms with van der Waals surface area (Å²) >= 11 is 0. The van der Waals surface area contributed by atoms with Crippen LogP contribution in [0.2, 0.25) is 0 Å². The molecule has 1 atom stereocenters. The molecular weight excluding hydrogens is 240 g/mol. The van der Waals surface area contributed by atoms with Crippen molar-refractivity contribution in [2.75, 3.05) is 39.4 Å². The highest BCUT2D eigenvalue weighted by molar-refractivity contribution is 4.76. The van der Waals surface area contributed by atoms with E-state index in [1.54, 1.807) is 0 Å². The Morgan fingerprint density at radius 3 is 2.47 bits per heavy atom. The van der Waals surface area contributed by atoms with Gasteiger partial charge in [-0.25, -0.2) is 0 Å². The van der Waals surface area contributed by atoms with Crippen LogP contribution in [0.25, 0.3) is 0 Å². The summed E-state index contributed by atoms with van der Waals surface area (Å²) in [5.74, 6) is 0. The molecule has 0 saturated carbocycles. The zero-order chi connectivity index (χ0) is 14.7. The summed E-state index contributed by atoms with van der Waals surface area (Å²) in [4.78, 5) is 2.29. The SMILES string of the molecule is CCCCOCC(O)CN(CCC)CC(C)(C)CN. The quantitative estimate of drug-likeness (QED) is 0.533. The van der Waals surface area contributed by atoms with Gasteiger partial charge in [-0.05, 0) is 31.3 Å². The topological polar surface area (TPSA) is 58.7 Å². The fourth-order valence-electron chi connectivity index (χ4n) is 2.04. The minimum absolute atomic E-state index is 0.0952. The van der Waals surface area contributed by atoms with Gasteiger partial charge < -0.3 is 20.5 Å². The second kappa shape index (κ2) is 10.6. The number of aliphatic hydroxyl groups excluding tert-OH is 1. The highest BCUT2D eigenvalue weighted by atomic mass is 16.5. The van der Waals surface area contributed by atoms with Crippen LogP contribution in [0.4, 0.5) is 0 Å². The van der Waals surface area contributed by atoms with Crippen molar-refractivity contribution >= 4 is 0 Å². The Morgan fingerprint density at radius 1 is 1.26 bits per heavy atom. The van der Waals surface area contributed by atoms with Crippen molar-refractivity contribution < 1.29 is 9.84 Å². The van der Waals surface area contributed by atoms with Crippen LogP contribution in [-0.4, -0.2) is 55.5 Å². The van der Waals surface area contributed by atoms with Crippen LogP contribution < -0.4 is 5.73 Å². The van der Waals surface area contributed by atoms with Gasteiger partial charge in [0, 0.05) is 19.7 Å². The molecule has 0 bridgehead atoms. The molecule has 0 rings (SSSR count). The molecule has 116 valence electrons. The Hall–Kier alpha value is -0.160. The van der Waals surface area contributed by atoms with Gasteiger partial charge in [0.1, 0.15) is 0 Å². The first-order valence-corrected chi connectivity index (χ1v) is 7.63. The number of aliphatic hydroxyl groups is 1. The minimum Gasteiger partial charge on any atom is -0.389 e. The van der Waals surface area contributed by atoms with E-state index in [0.717, 1.165) is 39.0 Å². The van der Waals surface area contributed by atoms with E-state index in [2.05, 4.69) is 32.6 Å². The van der Waals surface area contributed by atoms with E-state index in [1.807, 2.05) is 0 Å². The fraction of sp³-hybridized carbons (Fsp3) is 1.00. The molecule has 0 fully saturated rings. The number of hydrogen-bond acceptors (Lipinski definition) is 4. The van der Waals surface area contributed by atoms with Crippen molar-refractivity contribution in [3.63, 3.8) is 0 Å². The van der Waals surface area contributed by atoms with Crippen LogP contribution in [0.5, 0.6) is 0 Å². The Labute approximate surface area is 119 Å². The number of nitrogens with zero attached hydrogens (tertiary/aromatic N) is 1. The third-order valence-electron chi connectivity index (χ3n) is 3.17. The molecule has 0 aliphatic carbocycles. The van der Waals surface area contributed by atoms with Crippen molar-refractivity contribution in [2.24, 2.45) is 11.1 Å². The molecule has 3 N–H and O–H groups in total. The van der Waals surface area contributed by atoms with Gasteiger partial charge in [-0.1, -0.05) is 34.1 Å². The molecule has 0 spiro atoms. The monoisotopic (exact) mass is 274 g/mol. The minimum atomic E-state index is -0.406. The van der Waals surface area contributed by atoms with Crippen molar-refractivity contribution in [3.8, 4) is 0 Å². The first-order valence-electron chi connectivity index (χ1n) is 7.63. The summed E-state index contributed by atoms with van der Waals surface area (Å²) in [6.45, 7) is 13.1. The van der Waals surface area contributed by atoms with Crippen LogP contribution >= 0.6 is 0 Å². The molecule has 0 amide bonds. The highest BCUT2D eigenvalue weighted by Crippen LogP contribution is 2.15. The van der Waals surface area contributed by atoms with E-state index in [0.29, 0.717) is 19.7 Å². The Morgan fingerprint density at radius 2 is 1.95 bits per heavy atom. The smallest absolute Gasteiger partial charge is 0.0900 e. The predicted octanol–water partition coefficient (Wildman–Crippen LogP) is 1.86. The average Bonchev–Trinajstić information content (AvgIpc) is 2.34. The summed E-state index contributed by atoms with van der Waals surface area (Å²) in [5.41, 5.74) is 5.88. The molecule has 0 heterocycles. The van der Waals surface area contributed by atoms with Gasteiger partial charge in [0.2, 0.25) is 0 Å². The standard InChI is InChI=1S/C15H34N2O2/c1-5-7-9-19-11-14(18)10-17(8-6-2)13-15(3,4)12-16/h14,18H,5-13,16H2,1-4H3. The molecule has 0 aromatic carbocycles. The van der Waals surface area contributed by atoms with Gasteiger partial charge in [-0.3, -0.25) is 0 Å². The van der Waals surface area contributed by atoms with E-state index in [-0.39, 0.29) is 5.41 Å². The summed E-state index contributed by atoms with van der Waals surface area (Å²) in [5, 5.41) is 10.0. The van der Waals surface area contributed by atoms with Gasteiger partial charge in [0.15, 0.2) is 0 Å². The average molecular weight is 274 g/mol. The van der Waals surface area contributed by atoms with Crippen molar-refractivity contribution in [3.05, 3.63) is 0 Å². The lowest BCUT2D eigenvalue weighted by Crippen LogP contribution is -2.43. The van der Waals surface area contributed by atoms with Gasteiger partial charge in [-0.2, -0.15) is 0 Å². The van der Waals surface area contributed by atoms with E-state index in [1.165, 1.54) is 0 Å². The highest BCUT2D eigenvalue weighted by Gasteiger charge is 2.21. The summed E-state index contributed by atoms with van der Waals surface area (Å²) in [6, 6.07) is 0. The third-order valence-corrected chi connectivity index (χ3v) is 3.17. The zero-order valence-corrected chi connectivity index (χ0v) is 13.3. The maximum atomic E-state index is 10.0. The van der Waals surface area contributed by atoms with E-state index in [9.17, 15) is 5.11 Å². The number of rotatable bonds is 12. The molecular formula is C15H34N2O2. The van der Waals surface area contributed by atoms with Gasteiger partial charge in [0.05, 0.1) is 12.7 Å². The number of unbranched alkanes of at least 4 members (excludes halogenated alkanes) is 1. The lowest BCUT2D eigenvalue weighted by Gasteiger charge is -2.32. The van der Waals surface area contributed by atoms with E-state index in [4.69, 9.17) is 10.5 Å². The zero-order valence-electron chi connectivity index (χ0n) is 13.3. The molecule has 4 heteroatoms.